The van der Waals surface area contributed by atoms with Crippen LogP contribution in [-0.2, 0) is 0 Å². The highest BCUT2D eigenvalue weighted by Crippen LogP contribution is 2.17. The molecular weight excluding hydrogens is 278 g/mol. The number of carbonyl (C=O) groups is 1. The average molecular weight is 290 g/mol. The van der Waals surface area contributed by atoms with Gasteiger partial charge in [-0.3, -0.25) is 5.41 Å². The van der Waals surface area contributed by atoms with Gasteiger partial charge in [0.2, 0.25) is 0 Å². The zero-order chi connectivity index (χ0) is 15.4. The summed E-state index contributed by atoms with van der Waals surface area (Å²) in [6.07, 6.45) is 0. The van der Waals surface area contributed by atoms with Crippen molar-refractivity contribution in [3.05, 3.63) is 59.7 Å². The first-order valence-corrected chi connectivity index (χ1v) is 5.94. The lowest BCUT2D eigenvalue weighted by molar-refractivity contribution is 0.262. The summed E-state index contributed by atoms with van der Waals surface area (Å²) in [5.74, 6) is -1.83. The molecular formula is C14H12F2N4O. The Balaban J connectivity index is 2.14. The fourth-order valence-corrected chi connectivity index (χ4v) is 1.69. The molecule has 2 amide bonds. The highest BCUT2D eigenvalue weighted by Gasteiger charge is 2.10. The molecule has 0 saturated heterocycles. The molecule has 0 aliphatic carbocycles. The van der Waals surface area contributed by atoms with Gasteiger partial charge in [-0.05, 0) is 24.3 Å². The number of urea groups is 1. The Hall–Kier alpha value is -2.96. The standard InChI is InChI=1S/C14H12F2N4O/c15-8-5-6-12(10(16)7-8)20-14(21)19-11-4-2-1-3-9(11)13(17)18/h1-7H,(H3,17,18)(H2,19,20,21). The first kappa shape index (κ1) is 14.4. The van der Waals surface area contributed by atoms with Crippen LogP contribution in [0.3, 0.4) is 0 Å². The van der Waals surface area contributed by atoms with E-state index in [9.17, 15) is 13.6 Å². The summed E-state index contributed by atoms with van der Waals surface area (Å²) in [5.41, 5.74) is 5.89. The first-order chi connectivity index (χ1) is 9.97. The molecule has 108 valence electrons. The summed E-state index contributed by atoms with van der Waals surface area (Å²) in [6.45, 7) is 0. The lowest BCUT2D eigenvalue weighted by atomic mass is 10.1. The number of amides is 2. The molecule has 21 heavy (non-hydrogen) atoms. The van der Waals surface area contributed by atoms with Crippen molar-refractivity contribution in [3.63, 3.8) is 0 Å². The molecule has 0 saturated carbocycles. The van der Waals surface area contributed by atoms with Crippen LogP contribution < -0.4 is 16.4 Å². The largest absolute Gasteiger partial charge is 0.384 e. The van der Waals surface area contributed by atoms with Crippen LogP contribution in [0.2, 0.25) is 0 Å². The summed E-state index contributed by atoms with van der Waals surface area (Å²) >= 11 is 0. The predicted molar refractivity (Wildman–Crippen MR) is 76.5 cm³/mol. The molecule has 0 heterocycles. The van der Waals surface area contributed by atoms with Crippen molar-refractivity contribution in [3.8, 4) is 0 Å². The number of anilines is 2. The van der Waals surface area contributed by atoms with Crippen LogP contribution in [0.4, 0.5) is 25.0 Å². The predicted octanol–water partition coefficient (Wildman–Crippen LogP) is 2.89. The Kier molecular flexibility index (Phi) is 4.13. The van der Waals surface area contributed by atoms with Crippen LogP contribution in [0.15, 0.2) is 42.5 Å². The van der Waals surface area contributed by atoms with E-state index in [2.05, 4.69) is 10.6 Å². The fraction of sp³-hybridized carbons (Fsp3) is 0. The number of halogens is 2. The van der Waals surface area contributed by atoms with Gasteiger partial charge in [0, 0.05) is 11.6 Å². The van der Waals surface area contributed by atoms with E-state index in [1.807, 2.05) is 0 Å². The van der Waals surface area contributed by atoms with E-state index in [0.717, 1.165) is 12.1 Å². The molecule has 0 aromatic heterocycles. The van der Waals surface area contributed by atoms with Crippen molar-refractivity contribution in [1.82, 2.24) is 0 Å². The summed E-state index contributed by atoms with van der Waals surface area (Å²) in [5, 5.41) is 12.1. The first-order valence-electron chi connectivity index (χ1n) is 5.94. The van der Waals surface area contributed by atoms with Crippen molar-refractivity contribution in [2.45, 2.75) is 0 Å². The lowest BCUT2D eigenvalue weighted by Gasteiger charge is -2.11. The monoisotopic (exact) mass is 290 g/mol. The summed E-state index contributed by atoms with van der Waals surface area (Å²) in [4.78, 5) is 11.8. The molecule has 2 aromatic carbocycles. The number of nitrogens with one attached hydrogen (secondary N) is 3. The number of benzene rings is 2. The fourth-order valence-electron chi connectivity index (χ4n) is 1.69. The van der Waals surface area contributed by atoms with E-state index in [1.54, 1.807) is 24.3 Å². The van der Waals surface area contributed by atoms with Gasteiger partial charge in [0.15, 0.2) is 0 Å². The van der Waals surface area contributed by atoms with Crippen LogP contribution in [0.25, 0.3) is 0 Å². The number of nitrogen functional groups attached to an aromatic ring is 1. The quantitative estimate of drug-likeness (QED) is 0.517. The molecule has 0 bridgehead atoms. The molecule has 0 fully saturated rings. The smallest absolute Gasteiger partial charge is 0.323 e. The lowest BCUT2D eigenvalue weighted by Crippen LogP contribution is -2.23. The molecule has 0 aliphatic rings. The third-order valence-electron chi connectivity index (χ3n) is 2.64. The maximum atomic E-state index is 13.4. The van der Waals surface area contributed by atoms with Gasteiger partial charge in [0.25, 0.3) is 0 Å². The van der Waals surface area contributed by atoms with Gasteiger partial charge in [-0.15, -0.1) is 0 Å². The molecule has 2 rings (SSSR count). The molecule has 0 aliphatic heterocycles. The Morgan fingerprint density at radius 2 is 1.71 bits per heavy atom. The minimum atomic E-state index is -0.884. The maximum absolute atomic E-state index is 13.4. The van der Waals surface area contributed by atoms with Crippen LogP contribution in [-0.4, -0.2) is 11.9 Å². The van der Waals surface area contributed by atoms with E-state index in [-0.39, 0.29) is 11.5 Å². The Labute approximate surface area is 119 Å². The topological polar surface area (TPSA) is 91.0 Å². The zero-order valence-corrected chi connectivity index (χ0v) is 10.8. The van der Waals surface area contributed by atoms with E-state index in [1.165, 1.54) is 0 Å². The van der Waals surface area contributed by atoms with Gasteiger partial charge in [0.1, 0.15) is 17.5 Å². The minimum absolute atomic E-state index is 0.158. The number of carbonyl (C=O) groups excluding carboxylic acids is 1. The average Bonchev–Trinajstić information content (AvgIpc) is 2.42. The van der Waals surface area contributed by atoms with Crippen molar-refractivity contribution in [2.75, 3.05) is 10.6 Å². The Bertz CT molecular complexity index is 703. The molecule has 2 aromatic rings. The third kappa shape index (κ3) is 3.53. The number of rotatable bonds is 3. The SMILES string of the molecule is N=C(N)c1ccccc1NC(=O)Nc1ccc(F)cc1F. The van der Waals surface area contributed by atoms with Crippen molar-refractivity contribution in [1.29, 1.82) is 5.41 Å². The summed E-state index contributed by atoms with van der Waals surface area (Å²) in [7, 11) is 0. The third-order valence-corrected chi connectivity index (χ3v) is 2.64. The second-order valence-electron chi connectivity index (χ2n) is 4.16. The normalized spacial score (nSPS) is 10.0. The highest BCUT2D eigenvalue weighted by molar-refractivity contribution is 6.06. The van der Waals surface area contributed by atoms with Gasteiger partial charge < -0.3 is 16.4 Å². The highest BCUT2D eigenvalue weighted by atomic mass is 19.1. The molecule has 0 radical (unpaired) electrons. The Morgan fingerprint density at radius 1 is 1.05 bits per heavy atom. The van der Waals surface area contributed by atoms with Gasteiger partial charge in [0.05, 0.1) is 11.4 Å². The van der Waals surface area contributed by atoms with E-state index in [4.69, 9.17) is 11.1 Å². The van der Waals surface area contributed by atoms with Crippen molar-refractivity contribution >= 4 is 23.2 Å². The van der Waals surface area contributed by atoms with E-state index in [0.29, 0.717) is 17.3 Å². The van der Waals surface area contributed by atoms with Gasteiger partial charge >= 0.3 is 6.03 Å². The van der Waals surface area contributed by atoms with Gasteiger partial charge in [-0.1, -0.05) is 12.1 Å². The van der Waals surface area contributed by atoms with Gasteiger partial charge in [-0.25, -0.2) is 13.6 Å². The summed E-state index contributed by atoms with van der Waals surface area (Å²) in [6, 6.07) is 8.52. The Morgan fingerprint density at radius 3 is 2.38 bits per heavy atom. The molecule has 5 nitrogen and oxygen atoms in total. The number of hydrogen-bond acceptors (Lipinski definition) is 2. The molecule has 7 heteroatoms. The van der Waals surface area contributed by atoms with E-state index < -0.39 is 17.7 Å². The number of nitrogens with two attached hydrogens (primary N) is 1. The molecule has 0 unspecified atom stereocenters. The van der Waals surface area contributed by atoms with Crippen LogP contribution in [0, 0.1) is 17.0 Å². The van der Waals surface area contributed by atoms with Crippen LogP contribution in [0.1, 0.15) is 5.56 Å². The number of hydrogen-bond donors (Lipinski definition) is 4. The molecule has 0 spiro atoms. The maximum Gasteiger partial charge on any atom is 0.323 e. The van der Waals surface area contributed by atoms with E-state index >= 15 is 0 Å². The van der Waals surface area contributed by atoms with Gasteiger partial charge in [-0.2, -0.15) is 0 Å². The van der Waals surface area contributed by atoms with Crippen molar-refractivity contribution in [2.24, 2.45) is 5.73 Å². The second kappa shape index (κ2) is 6.00. The number of para-hydroxylation sites is 1. The van der Waals surface area contributed by atoms with Crippen molar-refractivity contribution < 1.29 is 13.6 Å². The molecule has 0 atom stereocenters. The summed E-state index contributed by atoms with van der Waals surface area (Å²) < 4.78 is 26.2. The number of amidine groups is 1. The zero-order valence-electron chi connectivity index (χ0n) is 10.8. The van der Waals surface area contributed by atoms with Crippen LogP contribution >= 0.6 is 0 Å². The van der Waals surface area contributed by atoms with Crippen LogP contribution in [0.5, 0.6) is 0 Å². The minimum Gasteiger partial charge on any atom is -0.384 e. The molecule has 5 N–H and O–H groups in total. The second-order valence-corrected chi connectivity index (χ2v) is 4.16.